The molecule has 0 aliphatic carbocycles. The maximum absolute atomic E-state index is 5.94. The summed E-state index contributed by atoms with van der Waals surface area (Å²) < 4.78 is 2.07. The lowest BCUT2D eigenvalue weighted by atomic mass is 9.97. The zero-order valence-electron chi connectivity index (χ0n) is 12.6. The van der Waals surface area contributed by atoms with E-state index < -0.39 is 0 Å². The molecule has 114 valence electrons. The van der Waals surface area contributed by atoms with Crippen molar-refractivity contribution >= 4 is 27.5 Å². The summed E-state index contributed by atoms with van der Waals surface area (Å²) in [5.41, 5.74) is 2.50. The first-order chi connectivity index (χ1) is 10.1. The molecule has 0 aliphatic heterocycles. The summed E-state index contributed by atoms with van der Waals surface area (Å²) in [5.74, 6) is 0.548. The van der Waals surface area contributed by atoms with Gasteiger partial charge in [0, 0.05) is 22.6 Å². The molecule has 2 atom stereocenters. The first kappa shape index (κ1) is 16.6. The molecule has 1 aromatic heterocycles. The molecule has 0 spiro atoms. The van der Waals surface area contributed by atoms with Crippen LogP contribution >= 0.6 is 27.5 Å². The molecule has 0 bridgehead atoms. The van der Waals surface area contributed by atoms with Gasteiger partial charge in [0.05, 0.1) is 5.69 Å². The van der Waals surface area contributed by atoms with Crippen molar-refractivity contribution in [3.8, 4) is 0 Å². The summed E-state index contributed by atoms with van der Waals surface area (Å²) in [7, 11) is 0. The SMILES string of the molecule is CCC(C)n1ccc(CC(CBr)Cc2ccc(Cl)cc2)n1. The monoisotopic (exact) mass is 368 g/mol. The molecule has 4 heteroatoms. The fourth-order valence-corrected chi connectivity index (χ4v) is 2.93. The third-order valence-corrected chi connectivity index (χ3v) is 5.03. The zero-order chi connectivity index (χ0) is 15.2. The third kappa shape index (κ3) is 4.86. The van der Waals surface area contributed by atoms with Crippen molar-refractivity contribution in [2.24, 2.45) is 5.92 Å². The first-order valence-electron chi connectivity index (χ1n) is 7.46. The second-order valence-corrected chi connectivity index (χ2v) is 6.68. The number of alkyl halides is 1. The van der Waals surface area contributed by atoms with Crippen LogP contribution in [0.1, 0.15) is 37.6 Å². The van der Waals surface area contributed by atoms with Crippen LogP contribution in [0.25, 0.3) is 0 Å². The number of rotatable bonds is 7. The maximum Gasteiger partial charge on any atom is 0.0627 e. The van der Waals surface area contributed by atoms with Gasteiger partial charge in [0.1, 0.15) is 0 Å². The van der Waals surface area contributed by atoms with Crippen molar-refractivity contribution in [3.63, 3.8) is 0 Å². The lowest BCUT2D eigenvalue weighted by Gasteiger charge is -2.13. The topological polar surface area (TPSA) is 17.8 Å². The Labute approximate surface area is 140 Å². The smallest absolute Gasteiger partial charge is 0.0627 e. The molecule has 0 N–H and O–H groups in total. The van der Waals surface area contributed by atoms with Gasteiger partial charge < -0.3 is 0 Å². The average molecular weight is 370 g/mol. The van der Waals surface area contributed by atoms with E-state index in [1.165, 1.54) is 11.3 Å². The Balaban J connectivity index is 1.98. The highest BCUT2D eigenvalue weighted by Gasteiger charge is 2.12. The van der Waals surface area contributed by atoms with E-state index >= 15 is 0 Å². The molecule has 2 rings (SSSR count). The summed E-state index contributed by atoms with van der Waals surface area (Å²) in [4.78, 5) is 0. The molecular weight excluding hydrogens is 348 g/mol. The minimum atomic E-state index is 0.470. The van der Waals surface area contributed by atoms with E-state index in [1.807, 2.05) is 12.1 Å². The Bertz CT molecular complexity index is 550. The Morgan fingerprint density at radius 1 is 1.19 bits per heavy atom. The molecule has 2 nitrogen and oxygen atoms in total. The van der Waals surface area contributed by atoms with Crippen LogP contribution in [0.4, 0.5) is 0 Å². The van der Waals surface area contributed by atoms with Gasteiger partial charge in [-0.05, 0) is 55.9 Å². The van der Waals surface area contributed by atoms with E-state index in [0.29, 0.717) is 12.0 Å². The minimum Gasteiger partial charge on any atom is -0.270 e. The van der Waals surface area contributed by atoms with Crippen LogP contribution in [0.5, 0.6) is 0 Å². The molecule has 0 fully saturated rings. The zero-order valence-corrected chi connectivity index (χ0v) is 14.9. The van der Waals surface area contributed by atoms with Gasteiger partial charge in [-0.25, -0.2) is 0 Å². The van der Waals surface area contributed by atoms with Crippen molar-refractivity contribution in [1.29, 1.82) is 0 Å². The molecule has 21 heavy (non-hydrogen) atoms. The number of benzene rings is 1. The van der Waals surface area contributed by atoms with E-state index in [-0.39, 0.29) is 0 Å². The van der Waals surface area contributed by atoms with Crippen molar-refractivity contribution in [3.05, 3.63) is 52.8 Å². The Morgan fingerprint density at radius 3 is 2.52 bits per heavy atom. The van der Waals surface area contributed by atoms with Gasteiger partial charge in [0.2, 0.25) is 0 Å². The van der Waals surface area contributed by atoms with Crippen molar-refractivity contribution in [1.82, 2.24) is 9.78 Å². The van der Waals surface area contributed by atoms with Gasteiger partial charge in [-0.2, -0.15) is 5.10 Å². The van der Waals surface area contributed by atoms with E-state index in [9.17, 15) is 0 Å². The largest absolute Gasteiger partial charge is 0.270 e. The molecule has 1 heterocycles. The van der Waals surface area contributed by atoms with Crippen molar-refractivity contribution < 1.29 is 0 Å². The van der Waals surface area contributed by atoms with E-state index in [0.717, 1.165) is 29.6 Å². The van der Waals surface area contributed by atoms with Crippen LogP contribution in [0.3, 0.4) is 0 Å². The normalized spacial score (nSPS) is 14.1. The lowest BCUT2D eigenvalue weighted by Crippen LogP contribution is -2.11. The molecule has 0 saturated heterocycles. The summed E-state index contributed by atoms with van der Waals surface area (Å²) >= 11 is 9.57. The van der Waals surface area contributed by atoms with Gasteiger partial charge in [0.15, 0.2) is 0 Å². The highest BCUT2D eigenvalue weighted by atomic mass is 79.9. The summed E-state index contributed by atoms with van der Waals surface area (Å²) in [6, 6.07) is 10.7. The average Bonchev–Trinajstić information content (AvgIpc) is 2.96. The molecule has 2 unspecified atom stereocenters. The highest BCUT2D eigenvalue weighted by Crippen LogP contribution is 2.19. The van der Waals surface area contributed by atoms with E-state index in [2.05, 4.69) is 58.9 Å². The van der Waals surface area contributed by atoms with Crippen LogP contribution in [-0.2, 0) is 12.8 Å². The number of aromatic nitrogens is 2. The number of nitrogens with zero attached hydrogens (tertiary/aromatic N) is 2. The second-order valence-electron chi connectivity index (χ2n) is 5.60. The molecule has 0 radical (unpaired) electrons. The number of halogens is 2. The highest BCUT2D eigenvalue weighted by molar-refractivity contribution is 9.09. The van der Waals surface area contributed by atoms with Crippen LogP contribution in [0.15, 0.2) is 36.5 Å². The summed E-state index contributed by atoms with van der Waals surface area (Å²) in [6.07, 6.45) is 5.24. The summed E-state index contributed by atoms with van der Waals surface area (Å²) in [5, 5.41) is 6.47. The third-order valence-electron chi connectivity index (χ3n) is 3.86. The second kappa shape index (κ2) is 8.00. The maximum atomic E-state index is 5.94. The van der Waals surface area contributed by atoms with E-state index in [4.69, 9.17) is 16.7 Å². The van der Waals surface area contributed by atoms with E-state index in [1.54, 1.807) is 0 Å². The van der Waals surface area contributed by atoms with Crippen molar-refractivity contribution in [2.75, 3.05) is 5.33 Å². The Kier molecular flexibility index (Phi) is 6.31. The minimum absolute atomic E-state index is 0.470. The van der Waals surface area contributed by atoms with Crippen LogP contribution in [-0.4, -0.2) is 15.1 Å². The lowest BCUT2D eigenvalue weighted by molar-refractivity contribution is 0.468. The predicted octanol–water partition coefficient (Wildman–Crippen LogP) is 5.30. The standard InChI is InChI=1S/C17H22BrClN2/c1-3-13(2)21-9-8-17(20-21)11-15(12-18)10-14-4-6-16(19)7-5-14/h4-9,13,15H,3,10-12H2,1-2H3. The molecule has 0 amide bonds. The fraction of sp³-hybridized carbons (Fsp3) is 0.471. The van der Waals surface area contributed by atoms with Gasteiger partial charge in [-0.3, -0.25) is 4.68 Å². The number of hydrogen-bond donors (Lipinski definition) is 0. The van der Waals surface area contributed by atoms with Gasteiger partial charge in [0.25, 0.3) is 0 Å². The predicted molar refractivity (Wildman–Crippen MR) is 93.4 cm³/mol. The molecule has 2 aromatic rings. The first-order valence-corrected chi connectivity index (χ1v) is 8.96. The molecule has 0 aliphatic rings. The fourth-order valence-electron chi connectivity index (χ4n) is 2.35. The van der Waals surface area contributed by atoms with Crippen LogP contribution in [0, 0.1) is 5.92 Å². The summed E-state index contributed by atoms with van der Waals surface area (Å²) in [6.45, 7) is 4.39. The van der Waals surface area contributed by atoms with Crippen LogP contribution in [0.2, 0.25) is 5.02 Å². The Morgan fingerprint density at radius 2 is 1.90 bits per heavy atom. The quantitative estimate of drug-likeness (QED) is 0.605. The molecule has 1 aromatic carbocycles. The molecule has 0 saturated carbocycles. The van der Waals surface area contributed by atoms with Gasteiger partial charge in [-0.1, -0.05) is 46.6 Å². The Hall–Kier alpha value is -0.800. The molecular formula is C17H22BrClN2. The van der Waals surface area contributed by atoms with Crippen LogP contribution < -0.4 is 0 Å². The van der Waals surface area contributed by atoms with Crippen molar-refractivity contribution in [2.45, 2.75) is 39.2 Å². The van der Waals surface area contributed by atoms with Gasteiger partial charge in [-0.15, -0.1) is 0 Å². The van der Waals surface area contributed by atoms with Gasteiger partial charge >= 0.3 is 0 Å². The number of hydrogen-bond acceptors (Lipinski definition) is 1.